The first kappa shape index (κ1) is 26.7. The monoisotopic (exact) mass is 350 g/mol. The van der Waals surface area contributed by atoms with Crippen molar-refractivity contribution in [2.45, 2.75) is 40.2 Å². The van der Waals surface area contributed by atoms with Crippen LogP contribution in [0.15, 0.2) is 12.2 Å². The fourth-order valence-electron chi connectivity index (χ4n) is 0.712. The van der Waals surface area contributed by atoms with Crippen LogP contribution in [0.25, 0.3) is 0 Å². The minimum absolute atomic E-state index is 0. The van der Waals surface area contributed by atoms with Gasteiger partial charge in [0.1, 0.15) is 5.78 Å². The Morgan fingerprint density at radius 2 is 1.61 bits per heavy atom. The molecule has 105 valence electrons. The molecule has 0 aromatic heterocycles. The Morgan fingerprint density at radius 3 is 1.67 bits per heavy atom. The van der Waals surface area contributed by atoms with Gasteiger partial charge in [0.15, 0.2) is 0 Å². The maximum atomic E-state index is 10.7. The van der Waals surface area contributed by atoms with E-state index in [0.29, 0.717) is 6.42 Å². The van der Waals surface area contributed by atoms with Gasteiger partial charge in [-0.25, -0.2) is 13.1 Å². The van der Waals surface area contributed by atoms with Crippen molar-refractivity contribution in [3.8, 4) is 0 Å². The van der Waals surface area contributed by atoms with Crippen molar-refractivity contribution in [2.24, 2.45) is 0 Å². The van der Waals surface area contributed by atoms with Gasteiger partial charge in [-0.05, 0) is 13.3 Å². The third-order valence-electron chi connectivity index (χ3n) is 1.37. The van der Waals surface area contributed by atoms with Crippen LogP contribution in [0.4, 0.5) is 0 Å². The van der Waals surface area contributed by atoms with Crippen LogP contribution in [0.2, 0.25) is 0 Å². The molecule has 0 spiro atoms. The van der Waals surface area contributed by atoms with E-state index in [2.05, 4.69) is 4.72 Å². The summed E-state index contributed by atoms with van der Waals surface area (Å²) in [6.45, 7) is 16.6. The summed E-state index contributed by atoms with van der Waals surface area (Å²) in [5.41, 5.74) is 0. The zero-order valence-electron chi connectivity index (χ0n) is 11.8. The van der Waals surface area contributed by atoms with E-state index in [1.54, 1.807) is 6.92 Å². The molecular formula is C12H23NO3SY-2. The van der Waals surface area contributed by atoms with Gasteiger partial charge >= 0.3 is 0 Å². The molecule has 0 aliphatic carbocycles. The number of carbonyl (C=O) groups excluding carboxylic acids is 1. The summed E-state index contributed by atoms with van der Waals surface area (Å²) in [5.74, 6) is -0.155. The predicted molar refractivity (Wildman–Crippen MR) is 71.8 cm³/mol. The van der Waals surface area contributed by atoms with Crippen molar-refractivity contribution < 1.29 is 45.9 Å². The minimum atomic E-state index is -3.25. The van der Waals surface area contributed by atoms with E-state index in [1.807, 2.05) is 13.8 Å². The molecule has 0 amide bonds. The molecule has 0 rings (SSSR count). The normalized spacial score (nSPS) is 10.3. The van der Waals surface area contributed by atoms with Gasteiger partial charge in [0.05, 0.1) is 12.3 Å². The Kier molecular flexibility index (Phi) is 25.4. The van der Waals surface area contributed by atoms with Crippen LogP contribution in [0.1, 0.15) is 34.1 Å². The van der Waals surface area contributed by atoms with Crippen molar-refractivity contribution in [1.82, 2.24) is 4.72 Å². The maximum Gasteiger partial charge on any atom is 0.209 e. The average Bonchev–Trinajstić information content (AvgIpc) is 2.27. The topological polar surface area (TPSA) is 63.2 Å². The van der Waals surface area contributed by atoms with Crippen LogP contribution in [0.5, 0.6) is 0 Å². The zero-order valence-corrected chi connectivity index (χ0v) is 15.5. The van der Waals surface area contributed by atoms with Gasteiger partial charge < -0.3 is 25.3 Å². The molecule has 1 atom stereocenters. The van der Waals surface area contributed by atoms with E-state index >= 15 is 0 Å². The maximum absolute atomic E-state index is 10.7. The molecule has 0 bridgehead atoms. The summed E-state index contributed by atoms with van der Waals surface area (Å²) in [7, 11) is -3.25. The number of ketones is 1. The molecule has 0 aromatic rings. The van der Waals surface area contributed by atoms with E-state index in [-0.39, 0.29) is 38.5 Å². The van der Waals surface area contributed by atoms with Crippen molar-refractivity contribution in [3.05, 3.63) is 25.3 Å². The summed E-state index contributed by atoms with van der Waals surface area (Å²) in [5, 5.41) is 0. The first-order valence-electron chi connectivity index (χ1n) is 5.34. The standard InChI is InChI=1S/C6H13NO3S.C4H4.C2H6.Y/c1-4-6(5(2)8)7-11(3,9)10;1-3-4-2;1-2;/h6-7H,4H2,1-3H3;1-4H;1-2H3;/q;-2;;. The molecule has 4 nitrogen and oxygen atoms in total. The Morgan fingerprint density at radius 1 is 1.28 bits per heavy atom. The average molecular weight is 350 g/mol. The second-order valence-electron chi connectivity index (χ2n) is 2.85. The molecular weight excluding hydrogens is 327 g/mol. The number of allylic oxidation sites excluding steroid dienone is 2. The third-order valence-corrected chi connectivity index (χ3v) is 2.08. The summed E-state index contributed by atoms with van der Waals surface area (Å²) in [6, 6.07) is -0.565. The first-order valence-corrected chi connectivity index (χ1v) is 7.23. The van der Waals surface area contributed by atoms with Crippen LogP contribution >= 0.6 is 0 Å². The van der Waals surface area contributed by atoms with Crippen LogP contribution in [0.3, 0.4) is 0 Å². The Balaban J connectivity index is -0.000000119. The zero-order chi connectivity index (χ0) is 14.5. The van der Waals surface area contributed by atoms with Crippen molar-refractivity contribution >= 4 is 15.8 Å². The van der Waals surface area contributed by atoms with Crippen LogP contribution < -0.4 is 4.72 Å². The Bertz CT molecular complexity index is 307. The summed E-state index contributed by atoms with van der Waals surface area (Å²) in [6.07, 6.45) is 4.08. The number of rotatable bonds is 5. The van der Waals surface area contributed by atoms with Gasteiger partial charge in [0.25, 0.3) is 0 Å². The molecule has 0 aliphatic heterocycles. The SMILES string of the molecule is CC.CCC(NS(C)(=O)=O)C(C)=O.[CH-]=CC=[CH-].[Y]. The fourth-order valence-corrected chi connectivity index (χ4v) is 1.56. The molecule has 1 radical (unpaired) electrons. The molecule has 0 fully saturated rings. The van der Waals surface area contributed by atoms with E-state index in [4.69, 9.17) is 13.2 Å². The second-order valence-corrected chi connectivity index (χ2v) is 4.63. The summed E-state index contributed by atoms with van der Waals surface area (Å²) < 4.78 is 23.5. The minimum Gasteiger partial charge on any atom is -0.394 e. The molecule has 18 heavy (non-hydrogen) atoms. The van der Waals surface area contributed by atoms with E-state index < -0.39 is 16.1 Å². The molecule has 0 aromatic carbocycles. The quantitative estimate of drug-likeness (QED) is 0.608. The molecule has 1 unspecified atom stereocenters. The van der Waals surface area contributed by atoms with E-state index in [9.17, 15) is 13.2 Å². The largest absolute Gasteiger partial charge is 0.394 e. The van der Waals surface area contributed by atoms with Crippen molar-refractivity contribution in [3.63, 3.8) is 0 Å². The molecule has 0 heterocycles. The molecule has 1 N–H and O–H groups in total. The van der Waals surface area contributed by atoms with Crippen LogP contribution in [-0.4, -0.2) is 26.5 Å². The number of hydrogen-bond acceptors (Lipinski definition) is 3. The molecule has 0 saturated heterocycles. The first-order chi connectivity index (χ1) is 7.78. The number of Topliss-reactive ketones (excluding diaryl/α,β-unsaturated/α-hetero) is 1. The summed E-state index contributed by atoms with van der Waals surface area (Å²) in [4.78, 5) is 10.7. The van der Waals surface area contributed by atoms with Crippen LogP contribution in [-0.2, 0) is 47.5 Å². The van der Waals surface area contributed by atoms with Crippen LogP contribution in [0, 0.1) is 13.2 Å². The smallest absolute Gasteiger partial charge is 0.209 e. The molecule has 0 aliphatic rings. The number of sulfonamides is 1. The van der Waals surface area contributed by atoms with Gasteiger partial charge in [-0.2, -0.15) is 0 Å². The Labute approximate surface area is 137 Å². The van der Waals surface area contributed by atoms with E-state index in [1.165, 1.54) is 19.1 Å². The van der Waals surface area contributed by atoms with Gasteiger partial charge in [-0.3, -0.25) is 4.79 Å². The molecule has 0 saturated carbocycles. The number of nitrogens with one attached hydrogen (secondary N) is 1. The van der Waals surface area contributed by atoms with Gasteiger partial charge in [-0.15, -0.1) is 0 Å². The van der Waals surface area contributed by atoms with Gasteiger partial charge in [0.2, 0.25) is 10.0 Å². The fraction of sp³-hybridized carbons (Fsp3) is 0.583. The number of carbonyl (C=O) groups is 1. The van der Waals surface area contributed by atoms with Gasteiger partial charge in [0, 0.05) is 32.7 Å². The van der Waals surface area contributed by atoms with E-state index in [0.717, 1.165) is 6.26 Å². The molecule has 6 heteroatoms. The van der Waals surface area contributed by atoms with Crippen molar-refractivity contribution in [1.29, 1.82) is 0 Å². The second kappa shape index (κ2) is 17.2. The Hall–Kier alpha value is 0.164. The summed E-state index contributed by atoms with van der Waals surface area (Å²) >= 11 is 0. The number of hydrogen-bond donors (Lipinski definition) is 1. The predicted octanol–water partition coefficient (Wildman–Crippen LogP) is 1.89. The van der Waals surface area contributed by atoms with Gasteiger partial charge in [-0.1, -0.05) is 20.8 Å². The van der Waals surface area contributed by atoms with Crippen molar-refractivity contribution in [2.75, 3.05) is 6.26 Å². The third kappa shape index (κ3) is 25.1.